The lowest BCUT2D eigenvalue weighted by Crippen LogP contribution is -2.32. The fourth-order valence-electron chi connectivity index (χ4n) is 3.24. The maximum atomic E-state index is 12.7. The molecule has 0 aliphatic carbocycles. The third-order valence-corrected chi connectivity index (χ3v) is 4.07. The van der Waals surface area contributed by atoms with Crippen molar-refractivity contribution in [1.29, 1.82) is 0 Å². The summed E-state index contributed by atoms with van der Waals surface area (Å²) in [5.74, 6) is 1.62. The Morgan fingerprint density at radius 1 is 1.25 bits per heavy atom. The topological polar surface area (TPSA) is 49.6 Å². The van der Waals surface area contributed by atoms with E-state index >= 15 is 0 Å². The first-order valence-corrected chi connectivity index (χ1v) is 6.89. The zero-order valence-electron chi connectivity index (χ0n) is 11.0. The van der Waals surface area contributed by atoms with E-state index in [1.807, 2.05) is 30.3 Å². The summed E-state index contributed by atoms with van der Waals surface area (Å²) in [6, 6.07) is 9.38. The molecule has 0 N–H and O–H groups in total. The average Bonchev–Trinajstić information content (AvgIpc) is 3.18. The summed E-state index contributed by atoms with van der Waals surface area (Å²) < 4.78 is 5.56. The molecule has 0 bridgehead atoms. The van der Waals surface area contributed by atoms with Crippen molar-refractivity contribution in [3.05, 3.63) is 48.6 Å². The monoisotopic (exact) mass is 269 g/mol. The summed E-state index contributed by atoms with van der Waals surface area (Å²) in [4.78, 5) is 21.0. The van der Waals surface area contributed by atoms with E-state index in [0.29, 0.717) is 5.82 Å². The average molecular weight is 269 g/mol. The summed E-state index contributed by atoms with van der Waals surface area (Å²) in [6.07, 6.45) is 5.17. The van der Waals surface area contributed by atoms with Crippen molar-refractivity contribution in [2.75, 3.05) is 11.4 Å². The van der Waals surface area contributed by atoms with E-state index in [4.69, 9.17) is 4.42 Å². The highest BCUT2D eigenvalue weighted by Gasteiger charge is 2.50. The number of hydrogen-bond acceptors (Lipinski definition) is 4. The van der Waals surface area contributed by atoms with Crippen LogP contribution in [0.1, 0.15) is 24.8 Å². The number of furan rings is 1. The molecular weight excluding hydrogens is 254 g/mol. The largest absolute Gasteiger partial charge is 0.466 e. The smallest absolute Gasteiger partial charge is 0.247 e. The number of carbonyl (C=O) groups is 1. The number of amides is 1. The molecule has 2 saturated heterocycles. The minimum absolute atomic E-state index is 0.0351. The first kappa shape index (κ1) is 11.7. The fourth-order valence-corrected chi connectivity index (χ4v) is 3.24. The summed E-state index contributed by atoms with van der Waals surface area (Å²) in [5, 5.41) is 0. The lowest BCUT2D eigenvalue weighted by atomic mass is 10.2. The number of hydrogen-bond donors (Lipinski definition) is 0. The normalized spacial score (nSPS) is 26.2. The molecule has 0 saturated carbocycles. The van der Waals surface area contributed by atoms with Gasteiger partial charge in [0.2, 0.25) is 5.91 Å². The molecule has 0 unspecified atom stereocenters. The number of anilines is 1. The van der Waals surface area contributed by atoms with Gasteiger partial charge in [-0.1, -0.05) is 6.07 Å². The molecule has 0 radical (unpaired) electrons. The second-order valence-electron chi connectivity index (χ2n) is 5.18. The Bertz CT molecular complexity index is 611. The van der Waals surface area contributed by atoms with Gasteiger partial charge in [0.15, 0.2) is 6.17 Å². The van der Waals surface area contributed by atoms with E-state index in [2.05, 4.69) is 9.88 Å². The molecule has 0 aromatic carbocycles. The quantitative estimate of drug-likeness (QED) is 0.838. The van der Waals surface area contributed by atoms with Crippen molar-refractivity contribution in [3.8, 4) is 0 Å². The number of fused-ring (bicyclic) bond motifs is 1. The summed E-state index contributed by atoms with van der Waals surface area (Å²) in [6.45, 7) is 0.922. The number of nitrogens with zero attached hydrogens (tertiary/aromatic N) is 3. The van der Waals surface area contributed by atoms with Crippen molar-refractivity contribution < 1.29 is 9.21 Å². The summed E-state index contributed by atoms with van der Waals surface area (Å²) in [5.41, 5.74) is 0. The van der Waals surface area contributed by atoms with E-state index in [9.17, 15) is 4.79 Å². The summed E-state index contributed by atoms with van der Waals surface area (Å²) in [7, 11) is 0. The second-order valence-corrected chi connectivity index (χ2v) is 5.18. The lowest BCUT2D eigenvalue weighted by Gasteiger charge is -2.26. The van der Waals surface area contributed by atoms with Crippen LogP contribution in [0.25, 0.3) is 0 Å². The lowest BCUT2D eigenvalue weighted by molar-refractivity contribution is -0.119. The SMILES string of the molecule is O=C1[C@@H]2CCCN2[C@@H](c2ccco2)N1c1ccccn1. The summed E-state index contributed by atoms with van der Waals surface area (Å²) >= 11 is 0. The molecule has 5 heteroatoms. The molecule has 5 nitrogen and oxygen atoms in total. The van der Waals surface area contributed by atoms with Crippen LogP contribution in [0.4, 0.5) is 5.82 Å². The molecule has 2 aromatic rings. The van der Waals surface area contributed by atoms with Crippen LogP contribution >= 0.6 is 0 Å². The number of carbonyl (C=O) groups excluding carboxylic acids is 1. The van der Waals surface area contributed by atoms with Gasteiger partial charge in [0.25, 0.3) is 0 Å². The van der Waals surface area contributed by atoms with Gasteiger partial charge >= 0.3 is 0 Å². The van der Waals surface area contributed by atoms with Crippen LogP contribution in [0.15, 0.2) is 47.2 Å². The van der Waals surface area contributed by atoms with E-state index in [0.717, 1.165) is 25.1 Å². The van der Waals surface area contributed by atoms with Crippen LogP contribution in [-0.4, -0.2) is 28.4 Å². The van der Waals surface area contributed by atoms with Gasteiger partial charge < -0.3 is 4.42 Å². The van der Waals surface area contributed by atoms with Gasteiger partial charge in [-0.15, -0.1) is 0 Å². The minimum atomic E-state index is -0.167. The number of rotatable bonds is 2. The van der Waals surface area contributed by atoms with E-state index in [-0.39, 0.29) is 18.1 Å². The minimum Gasteiger partial charge on any atom is -0.466 e. The fraction of sp³-hybridized carbons (Fsp3) is 0.333. The van der Waals surface area contributed by atoms with Crippen LogP contribution in [0.2, 0.25) is 0 Å². The third kappa shape index (κ3) is 1.59. The molecule has 20 heavy (non-hydrogen) atoms. The van der Waals surface area contributed by atoms with E-state index in [1.165, 1.54) is 0 Å². The molecule has 102 valence electrons. The highest BCUT2D eigenvalue weighted by Crippen LogP contribution is 2.41. The van der Waals surface area contributed by atoms with Gasteiger partial charge in [-0.2, -0.15) is 0 Å². The van der Waals surface area contributed by atoms with Gasteiger partial charge in [0.05, 0.1) is 12.3 Å². The zero-order valence-corrected chi connectivity index (χ0v) is 11.0. The van der Waals surface area contributed by atoms with Crippen LogP contribution in [0, 0.1) is 0 Å². The van der Waals surface area contributed by atoms with Gasteiger partial charge in [-0.25, -0.2) is 4.98 Å². The van der Waals surface area contributed by atoms with E-state index < -0.39 is 0 Å². The van der Waals surface area contributed by atoms with Crippen molar-refractivity contribution in [2.45, 2.75) is 25.0 Å². The maximum absolute atomic E-state index is 12.7. The first-order valence-electron chi connectivity index (χ1n) is 6.89. The first-order chi connectivity index (χ1) is 9.86. The highest BCUT2D eigenvalue weighted by atomic mass is 16.3. The number of aromatic nitrogens is 1. The number of pyridine rings is 1. The van der Waals surface area contributed by atoms with Crippen LogP contribution in [0.3, 0.4) is 0 Å². The molecule has 2 fully saturated rings. The van der Waals surface area contributed by atoms with Gasteiger partial charge in [-0.05, 0) is 37.1 Å². The predicted octanol–water partition coefficient (Wildman–Crippen LogP) is 2.18. The van der Waals surface area contributed by atoms with Crippen LogP contribution in [0.5, 0.6) is 0 Å². The zero-order chi connectivity index (χ0) is 13.5. The highest BCUT2D eigenvalue weighted by molar-refractivity contribution is 5.99. The molecule has 1 amide bonds. The van der Waals surface area contributed by atoms with E-state index in [1.54, 1.807) is 17.4 Å². The maximum Gasteiger partial charge on any atom is 0.247 e. The van der Waals surface area contributed by atoms with Crippen molar-refractivity contribution in [2.24, 2.45) is 0 Å². The van der Waals surface area contributed by atoms with Crippen molar-refractivity contribution in [3.63, 3.8) is 0 Å². The predicted molar refractivity (Wildman–Crippen MR) is 72.9 cm³/mol. The second kappa shape index (κ2) is 4.45. The van der Waals surface area contributed by atoms with Crippen LogP contribution in [-0.2, 0) is 4.79 Å². The molecule has 0 spiro atoms. The molecule has 2 aliphatic rings. The molecular formula is C15H15N3O2. The Morgan fingerprint density at radius 3 is 2.95 bits per heavy atom. The Kier molecular flexibility index (Phi) is 2.60. The standard InChI is InChI=1S/C15H15N3O2/c19-15-11-5-3-9-17(11)14(12-6-4-10-20-12)18(15)13-7-1-2-8-16-13/h1-2,4,6-8,10-11,14H,3,5,9H2/t11-,14+/m0/s1. The Labute approximate surface area is 116 Å². The van der Waals surface area contributed by atoms with Gasteiger partial charge in [0, 0.05) is 12.7 Å². The molecule has 4 rings (SSSR count). The van der Waals surface area contributed by atoms with Crippen LogP contribution < -0.4 is 4.90 Å². The molecule has 2 aliphatic heterocycles. The van der Waals surface area contributed by atoms with Crippen molar-refractivity contribution >= 4 is 11.7 Å². The van der Waals surface area contributed by atoms with Gasteiger partial charge in [-0.3, -0.25) is 14.6 Å². The Morgan fingerprint density at radius 2 is 2.20 bits per heavy atom. The Hall–Kier alpha value is -2.14. The Balaban J connectivity index is 1.81. The third-order valence-electron chi connectivity index (χ3n) is 4.07. The van der Waals surface area contributed by atoms with Crippen molar-refractivity contribution in [1.82, 2.24) is 9.88 Å². The molecule has 2 aromatic heterocycles. The van der Waals surface area contributed by atoms with Gasteiger partial charge in [0.1, 0.15) is 11.6 Å². The molecule has 2 atom stereocenters. The molecule has 4 heterocycles.